The van der Waals surface area contributed by atoms with Gasteiger partial charge in [-0.2, -0.15) is 12.7 Å². The number of hydrogen-bond acceptors (Lipinski definition) is 9. The number of rotatable bonds is 7. The smallest absolute Gasteiger partial charge is 0.412 e. The minimum absolute atomic E-state index is 0.108. The standard InChI is InChI=1S/C23H36N2O9S2/c1-22(2,3)33-21(26)25-18(15-32-23(25,4)5)20(34-35(7,27)28)19-12-13-24(36(19,29)30)14-16-8-10-17(31-6)11-9-16/h8-11,18-20H,12-15H2,1-7H3/t18-,19?,20?/m1/s1. The number of amides is 1. The van der Waals surface area contributed by atoms with Gasteiger partial charge in [0.15, 0.2) is 0 Å². The van der Waals surface area contributed by atoms with E-state index in [0.717, 1.165) is 11.8 Å². The number of ether oxygens (including phenoxy) is 3. The number of sulfonamides is 1. The van der Waals surface area contributed by atoms with E-state index >= 15 is 0 Å². The van der Waals surface area contributed by atoms with Crippen LogP contribution in [0.1, 0.15) is 46.6 Å². The Morgan fingerprint density at radius 2 is 1.83 bits per heavy atom. The number of carbonyl (C=O) groups is 1. The van der Waals surface area contributed by atoms with Gasteiger partial charge in [0, 0.05) is 13.1 Å². The normalized spacial score (nSPS) is 25.0. The van der Waals surface area contributed by atoms with Crippen LogP contribution in [0, 0.1) is 0 Å². The zero-order chi connectivity index (χ0) is 27.1. The molecule has 1 aromatic rings. The molecule has 0 bridgehead atoms. The first-order chi connectivity index (χ1) is 16.4. The van der Waals surface area contributed by atoms with Gasteiger partial charge in [-0.3, -0.25) is 9.08 Å². The molecule has 2 heterocycles. The van der Waals surface area contributed by atoms with Gasteiger partial charge in [0.25, 0.3) is 10.1 Å². The zero-order valence-electron chi connectivity index (χ0n) is 21.8. The van der Waals surface area contributed by atoms with Crippen LogP contribution in [0.3, 0.4) is 0 Å². The second-order valence-corrected chi connectivity index (χ2v) is 14.2. The summed E-state index contributed by atoms with van der Waals surface area (Å²) in [6.07, 6.45) is -1.16. The third-order valence-electron chi connectivity index (χ3n) is 6.06. The van der Waals surface area contributed by atoms with E-state index in [-0.39, 0.29) is 26.1 Å². The minimum Gasteiger partial charge on any atom is -0.497 e. The molecule has 3 atom stereocenters. The lowest BCUT2D eigenvalue weighted by molar-refractivity contribution is -0.0666. The van der Waals surface area contributed by atoms with Crippen LogP contribution in [0.4, 0.5) is 4.79 Å². The second kappa shape index (κ2) is 10.1. The van der Waals surface area contributed by atoms with E-state index in [1.807, 2.05) is 0 Å². The molecule has 1 amide bonds. The van der Waals surface area contributed by atoms with Crippen molar-refractivity contribution in [2.75, 3.05) is 26.5 Å². The molecule has 11 nitrogen and oxygen atoms in total. The van der Waals surface area contributed by atoms with Crippen molar-refractivity contribution in [3.63, 3.8) is 0 Å². The lowest BCUT2D eigenvalue weighted by Crippen LogP contribution is -2.57. The van der Waals surface area contributed by atoms with Crippen LogP contribution in [0.15, 0.2) is 24.3 Å². The Hall–Kier alpha value is -1.93. The molecule has 2 saturated heterocycles. The number of hydrogen-bond donors (Lipinski definition) is 0. The highest BCUT2D eigenvalue weighted by Gasteiger charge is 2.56. The number of methoxy groups -OCH3 is 1. The van der Waals surface area contributed by atoms with Gasteiger partial charge in [-0.15, -0.1) is 0 Å². The largest absolute Gasteiger partial charge is 0.497 e. The molecule has 2 unspecified atom stereocenters. The lowest BCUT2D eigenvalue weighted by Gasteiger charge is -2.38. The molecule has 0 radical (unpaired) electrons. The third-order valence-corrected chi connectivity index (χ3v) is 8.94. The molecule has 36 heavy (non-hydrogen) atoms. The first-order valence-electron chi connectivity index (χ1n) is 11.6. The molecule has 0 saturated carbocycles. The summed E-state index contributed by atoms with van der Waals surface area (Å²) < 4.78 is 74.9. The number of nitrogens with zero attached hydrogens (tertiary/aromatic N) is 2. The van der Waals surface area contributed by atoms with Crippen LogP contribution in [0.25, 0.3) is 0 Å². The summed E-state index contributed by atoms with van der Waals surface area (Å²) in [6, 6.07) is 6.00. The number of benzene rings is 1. The summed E-state index contributed by atoms with van der Waals surface area (Å²) in [6.45, 7) is 8.54. The van der Waals surface area contributed by atoms with E-state index in [2.05, 4.69) is 0 Å². The number of carbonyl (C=O) groups excluding carboxylic acids is 1. The molecule has 204 valence electrons. The Kier molecular flexibility index (Phi) is 8.02. The van der Waals surface area contributed by atoms with Crippen LogP contribution in [-0.2, 0) is 40.3 Å². The average Bonchev–Trinajstić information content (AvgIpc) is 3.20. The summed E-state index contributed by atoms with van der Waals surface area (Å²) in [5.41, 5.74) is -1.25. The minimum atomic E-state index is -4.09. The van der Waals surface area contributed by atoms with Crippen LogP contribution in [0.5, 0.6) is 5.75 Å². The van der Waals surface area contributed by atoms with Gasteiger partial charge < -0.3 is 14.2 Å². The van der Waals surface area contributed by atoms with E-state index < -0.39 is 55.0 Å². The molecule has 0 aliphatic carbocycles. The molecule has 13 heteroatoms. The van der Waals surface area contributed by atoms with Crippen LogP contribution in [0.2, 0.25) is 0 Å². The second-order valence-electron chi connectivity index (χ2n) is 10.5. The summed E-state index contributed by atoms with van der Waals surface area (Å²) in [4.78, 5) is 14.4. The van der Waals surface area contributed by atoms with Crippen LogP contribution in [-0.4, -0.2) is 87.4 Å². The summed E-state index contributed by atoms with van der Waals surface area (Å²) in [5, 5.41) is -1.21. The maximum atomic E-state index is 13.6. The summed E-state index contributed by atoms with van der Waals surface area (Å²) >= 11 is 0. The molecule has 2 aliphatic heterocycles. The summed E-state index contributed by atoms with van der Waals surface area (Å²) in [7, 11) is -6.54. The fraction of sp³-hybridized carbons (Fsp3) is 0.696. The van der Waals surface area contributed by atoms with Gasteiger partial charge in [0.1, 0.15) is 28.4 Å². The third kappa shape index (κ3) is 6.49. The van der Waals surface area contributed by atoms with Crippen molar-refractivity contribution in [3.05, 3.63) is 29.8 Å². The maximum absolute atomic E-state index is 13.6. The molecular formula is C23H36N2O9S2. The van der Waals surface area contributed by atoms with Crippen molar-refractivity contribution < 1.29 is 40.0 Å². The Balaban J connectivity index is 1.93. The quantitative estimate of drug-likeness (QED) is 0.471. The van der Waals surface area contributed by atoms with Crippen molar-refractivity contribution >= 4 is 26.2 Å². The lowest BCUT2D eigenvalue weighted by atomic mass is 10.0. The van der Waals surface area contributed by atoms with Gasteiger partial charge in [0.05, 0.1) is 26.0 Å². The highest BCUT2D eigenvalue weighted by atomic mass is 32.2. The average molecular weight is 549 g/mol. The fourth-order valence-corrected chi connectivity index (χ4v) is 7.28. The molecule has 0 aromatic heterocycles. The highest BCUT2D eigenvalue weighted by Crippen LogP contribution is 2.37. The summed E-state index contributed by atoms with van der Waals surface area (Å²) in [5.74, 6) is 0.647. The molecule has 2 aliphatic rings. The van der Waals surface area contributed by atoms with Gasteiger partial charge >= 0.3 is 6.09 Å². The fourth-order valence-electron chi connectivity index (χ4n) is 4.49. The first-order valence-corrected chi connectivity index (χ1v) is 14.9. The Bertz CT molecular complexity index is 1160. The predicted octanol–water partition coefficient (Wildman–Crippen LogP) is 2.32. The highest BCUT2D eigenvalue weighted by molar-refractivity contribution is 7.90. The predicted molar refractivity (Wildman–Crippen MR) is 132 cm³/mol. The maximum Gasteiger partial charge on any atom is 0.412 e. The molecule has 2 fully saturated rings. The van der Waals surface area contributed by atoms with Crippen molar-refractivity contribution in [1.82, 2.24) is 9.21 Å². The van der Waals surface area contributed by atoms with E-state index in [0.29, 0.717) is 5.75 Å². The molecule has 0 spiro atoms. The Morgan fingerprint density at radius 3 is 2.36 bits per heavy atom. The van der Waals surface area contributed by atoms with Crippen molar-refractivity contribution in [1.29, 1.82) is 0 Å². The van der Waals surface area contributed by atoms with Crippen molar-refractivity contribution in [3.8, 4) is 5.75 Å². The SMILES string of the molecule is COc1ccc(CN2CCC(C(OS(C)(=O)=O)[C@H]3COC(C)(C)N3C(=O)OC(C)(C)C)S2(=O)=O)cc1. The van der Waals surface area contributed by atoms with Gasteiger partial charge in [-0.1, -0.05) is 12.1 Å². The van der Waals surface area contributed by atoms with Crippen LogP contribution >= 0.6 is 0 Å². The molecule has 0 N–H and O–H groups in total. The van der Waals surface area contributed by atoms with E-state index in [1.54, 1.807) is 66.0 Å². The molecular weight excluding hydrogens is 512 g/mol. The van der Waals surface area contributed by atoms with Crippen molar-refractivity contribution in [2.45, 2.75) is 76.3 Å². The molecule has 3 rings (SSSR count). The Morgan fingerprint density at radius 1 is 1.22 bits per heavy atom. The monoisotopic (exact) mass is 548 g/mol. The van der Waals surface area contributed by atoms with E-state index in [4.69, 9.17) is 18.4 Å². The van der Waals surface area contributed by atoms with Crippen LogP contribution < -0.4 is 4.74 Å². The van der Waals surface area contributed by atoms with Gasteiger partial charge in [-0.25, -0.2) is 13.2 Å². The first kappa shape index (κ1) is 28.6. The topological polar surface area (TPSA) is 129 Å². The van der Waals surface area contributed by atoms with E-state index in [1.165, 1.54) is 9.21 Å². The zero-order valence-corrected chi connectivity index (χ0v) is 23.4. The van der Waals surface area contributed by atoms with E-state index in [9.17, 15) is 21.6 Å². The Labute approximate surface area is 213 Å². The van der Waals surface area contributed by atoms with Gasteiger partial charge in [-0.05, 0) is 58.7 Å². The van der Waals surface area contributed by atoms with Crippen molar-refractivity contribution in [2.24, 2.45) is 0 Å². The molecule has 1 aromatic carbocycles. The van der Waals surface area contributed by atoms with Gasteiger partial charge in [0.2, 0.25) is 10.0 Å².